The number of halogens is 1. The summed E-state index contributed by atoms with van der Waals surface area (Å²) in [7, 11) is 0. The highest BCUT2D eigenvalue weighted by Crippen LogP contribution is 2.24. The van der Waals surface area contributed by atoms with E-state index in [2.05, 4.69) is 26.2 Å². The van der Waals surface area contributed by atoms with Gasteiger partial charge in [-0.2, -0.15) is 0 Å². The third-order valence-corrected chi connectivity index (χ3v) is 3.61. The number of nitrogens with two attached hydrogens (primary N) is 1. The van der Waals surface area contributed by atoms with Gasteiger partial charge < -0.3 is 11.1 Å². The standard InChI is InChI=1S/C12H16BrN3O/c13-11-6-5-10(7-15-11)16-12(17)8-1-3-9(14)4-2-8/h5-9H,1-4,14H2,(H,16,17). The Morgan fingerprint density at radius 3 is 2.65 bits per heavy atom. The lowest BCUT2D eigenvalue weighted by Gasteiger charge is -2.25. The van der Waals surface area contributed by atoms with E-state index in [0.29, 0.717) is 0 Å². The fourth-order valence-electron chi connectivity index (χ4n) is 2.08. The van der Waals surface area contributed by atoms with E-state index < -0.39 is 0 Å². The number of hydrogen-bond acceptors (Lipinski definition) is 3. The van der Waals surface area contributed by atoms with E-state index in [0.717, 1.165) is 36.0 Å². The number of nitrogens with zero attached hydrogens (tertiary/aromatic N) is 1. The highest BCUT2D eigenvalue weighted by atomic mass is 79.9. The van der Waals surface area contributed by atoms with Crippen LogP contribution < -0.4 is 11.1 Å². The average molecular weight is 298 g/mol. The summed E-state index contributed by atoms with van der Waals surface area (Å²) < 4.78 is 0.763. The van der Waals surface area contributed by atoms with Crippen molar-refractivity contribution in [3.63, 3.8) is 0 Å². The lowest BCUT2D eigenvalue weighted by Crippen LogP contribution is -2.32. The highest BCUT2D eigenvalue weighted by Gasteiger charge is 2.24. The van der Waals surface area contributed by atoms with Gasteiger partial charge in [-0.1, -0.05) is 0 Å². The van der Waals surface area contributed by atoms with Gasteiger partial charge in [-0.05, 0) is 53.7 Å². The Morgan fingerprint density at radius 1 is 1.35 bits per heavy atom. The molecule has 1 amide bonds. The first-order chi connectivity index (χ1) is 8.15. The van der Waals surface area contributed by atoms with E-state index in [-0.39, 0.29) is 17.9 Å². The zero-order chi connectivity index (χ0) is 12.3. The summed E-state index contributed by atoms with van der Waals surface area (Å²) in [6.07, 6.45) is 5.30. The number of rotatable bonds is 2. The maximum atomic E-state index is 12.0. The molecule has 5 heteroatoms. The van der Waals surface area contributed by atoms with Crippen LogP contribution in [0.1, 0.15) is 25.7 Å². The molecule has 1 fully saturated rings. The van der Waals surface area contributed by atoms with Crippen LogP contribution in [0.4, 0.5) is 5.69 Å². The van der Waals surface area contributed by atoms with Crippen LogP contribution in [0.15, 0.2) is 22.9 Å². The van der Waals surface area contributed by atoms with Crippen molar-refractivity contribution in [2.45, 2.75) is 31.7 Å². The first kappa shape index (κ1) is 12.5. The zero-order valence-electron chi connectivity index (χ0n) is 9.53. The van der Waals surface area contributed by atoms with Gasteiger partial charge in [-0.15, -0.1) is 0 Å². The Bertz CT molecular complexity index is 385. The van der Waals surface area contributed by atoms with Gasteiger partial charge in [0.1, 0.15) is 4.60 Å². The topological polar surface area (TPSA) is 68.0 Å². The number of amides is 1. The molecule has 0 atom stereocenters. The number of anilines is 1. The molecule has 1 aliphatic carbocycles. The number of nitrogens with one attached hydrogen (secondary N) is 1. The van der Waals surface area contributed by atoms with Crippen molar-refractivity contribution in [3.05, 3.63) is 22.9 Å². The molecule has 2 rings (SSSR count). The second kappa shape index (κ2) is 5.60. The Hall–Kier alpha value is -0.940. The van der Waals surface area contributed by atoms with Crippen molar-refractivity contribution < 1.29 is 4.79 Å². The van der Waals surface area contributed by atoms with E-state index in [4.69, 9.17) is 5.73 Å². The Labute approximate surface area is 109 Å². The van der Waals surface area contributed by atoms with Crippen LogP contribution in [0.25, 0.3) is 0 Å². The van der Waals surface area contributed by atoms with Crippen molar-refractivity contribution in [1.29, 1.82) is 0 Å². The van der Waals surface area contributed by atoms with Crippen LogP contribution in [-0.4, -0.2) is 16.9 Å². The SMILES string of the molecule is NC1CCC(C(=O)Nc2ccc(Br)nc2)CC1. The third-order valence-electron chi connectivity index (χ3n) is 3.14. The van der Waals surface area contributed by atoms with Gasteiger partial charge in [-0.25, -0.2) is 4.98 Å². The minimum atomic E-state index is 0.0843. The number of carbonyl (C=O) groups is 1. The van der Waals surface area contributed by atoms with E-state index in [9.17, 15) is 4.79 Å². The van der Waals surface area contributed by atoms with E-state index in [1.165, 1.54) is 0 Å². The minimum absolute atomic E-state index is 0.0843. The molecule has 3 N–H and O–H groups in total. The molecule has 1 aromatic rings. The van der Waals surface area contributed by atoms with Crippen molar-refractivity contribution in [2.24, 2.45) is 11.7 Å². The van der Waals surface area contributed by atoms with Crippen molar-refractivity contribution in [1.82, 2.24) is 4.98 Å². The van der Waals surface area contributed by atoms with E-state index in [1.807, 2.05) is 12.1 Å². The molecule has 0 saturated heterocycles. The molecule has 1 aliphatic rings. The van der Waals surface area contributed by atoms with Crippen LogP contribution >= 0.6 is 15.9 Å². The summed E-state index contributed by atoms with van der Waals surface area (Å²) in [6.45, 7) is 0. The molecule has 1 aromatic heterocycles. The van der Waals surface area contributed by atoms with Gasteiger partial charge in [0.2, 0.25) is 5.91 Å². The Balaban J connectivity index is 1.90. The number of hydrogen-bond donors (Lipinski definition) is 2. The van der Waals surface area contributed by atoms with Gasteiger partial charge >= 0.3 is 0 Å². The molecule has 0 unspecified atom stereocenters. The molecule has 1 heterocycles. The van der Waals surface area contributed by atoms with Gasteiger partial charge in [-0.3, -0.25) is 4.79 Å². The van der Waals surface area contributed by atoms with Crippen molar-refractivity contribution in [2.75, 3.05) is 5.32 Å². The van der Waals surface area contributed by atoms with Crippen molar-refractivity contribution >= 4 is 27.5 Å². The molecule has 0 aliphatic heterocycles. The van der Waals surface area contributed by atoms with Crippen molar-refractivity contribution in [3.8, 4) is 0 Å². The third kappa shape index (κ3) is 3.51. The molecular formula is C12H16BrN3O. The average Bonchev–Trinajstić information content (AvgIpc) is 2.33. The van der Waals surface area contributed by atoms with Crippen LogP contribution in [0.5, 0.6) is 0 Å². The summed E-state index contributed by atoms with van der Waals surface area (Å²) in [5.41, 5.74) is 6.56. The molecule has 0 radical (unpaired) electrons. The molecule has 1 saturated carbocycles. The Morgan fingerprint density at radius 2 is 2.06 bits per heavy atom. The lowest BCUT2D eigenvalue weighted by atomic mass is 9.86. The second-order valence-electron chi connectivity index (χ2n) is 4.47. The van der Waals surface area contributed by atoms with E-state index in [1.54, 1.807) is 6.20 Å². The highest BCUT2D eigenvalue weighted by molar-refractivity contribution is 9.10. The first-order valence-electron chi connectivity index (χ1n) is 5.83. The number of pyridine rings is 1. The maximum absolute atomic E-state index is 12.0. The summed E-state index contributed by atoms with van der Waals surface area (Å²) >= 11 is 3.26. The van der Waals surface area contributed by atoms with Crippen LogP contribution in [0.3, 0.4) is 0 Å². The fraction of sp³-hybridized carbons (Fsp3) is 0.500. The molecule has 0 aromatic carbocycles. The molecule has 4 nitrogen and oxygen atoms in total. The van der Waals surface area contributed by atoms with Gasteiger partial charge in [0.05, 0.1) is 11.9 Å². The Kier molecular flexibility index (Phi) is 4.12. The molecule has 92 valence electrons. The normalized spacial score (nSPS) is 24.4. The molecule has 0 bridgehead atoms. The quantitative estimate of drug-likeness (QED) is 0.823. The predicted molar refractivity (Wildman–Crippen MR) is 70.5 cm³/mol. The molecule has 0 spiro atoms. The summed E-state index contributed by atoms with van der Waals surface area (Å²) in [6, 6.07) is 3.92. The van der Waals surface area contributed by atoms with Crippen LogP contribution in [0.2, 0.25) is 0 Å². The zero-order valence-corrected chi connectivity index (χ0v) is 11.1. The first-order valence-corrected chi connectivity index (χ1v) is 6.62. The largest absolute Gasteiger partial charge is 0.328 e. The van der Waals surface area contributed by atoms with Gasteiger partial charge in [0.25, 0.3) is 0 Å². The summed E-state index contributed by atoms with van der Waals surface area (Å²) in [5, 5.41) is 2.89. The number of aromatic nitrogens is 1. The number of carbonyl (C=O) groups excluding carboxylic acids is 1. The molecule has 17 heavy (non-hydrogen) atoms. The minimum Gasteiger partial charge on any atom is -0.328 e. The maximum Gasteiger partial charge on any atom is 0.227 e. The van der Waals surface area contributed by atoms with Crippen LogP contribution in [-0.2, 0) is 4.79 Å². The fourth-order valence-corrected chi connectivity index (χ4v) is 2.31. The smallest absolute Gasteiger partial charge is 0.227 e. The second-order valence-corrected chi connectivity index (χ2v) is 5.28. The van der Waals surface area contributed by atoms with Crippen LogP contribution in [0, 0.1) is 5.92 Å². The lowest BCUT2D eigenvalue weighted by molar-refractivity contribution is -0.120. The monoisotopic (exact) mass is 297 g/mol. The summed E-state index contributed by atoms with van der Waals surface area (Å²) in [5.74, 6) is 0.180. The molecular weight excluding hydrogens is 282 g/mol. The summed E-state index contributed by atoms with van der Waals surface area (Å²) in [4.78, 5) is 16.0. The van der Waals surface area contributed by atoms with Gasteiger partial charge in [0.15, 0.2) is 0 Å². The predicted octanol–water partition coefficient (Wildman–Crippen LogP) is 2.30. The van der Waals surface area contributed by atoms with E-state index >= 15 is 0 Å². The van der Waals surface area contributed by atoms with Gasteiger partial charge in [0, 0.05) is 12.0 Å².